The second kappa shape index (κ2) is 10.0. The van der Waals surface area contributed by atoms with E-state index in [1.165, 1.54) is 5.56 Å². The predicted molar refractivity (Wildman–Crippen MR) is 134 cm³/mol. The number of anilines is 1. The van der Waals surface area contributed by atoms with Crippen LogP contribution in [-0.2, 0) is 9.59 Å². The number of aromatic nitrogens is 1. The molecule has 0 atom stereocenters. The number of hydrogen-bond acceptors (Lipinski definition) is 5. The Kier molecular flexibility index (Phi) is 6.88. The van der Waals surface area contributed by atoms with Crippen molar-refractivity contribution in [2.45, 2.75) is 20.8 Å². The number of nitrogens with one attached hydrogen (secondary N) is 1. The molecular formula is C26H25N3O4S. The Hall–Kier alpha value is -3.78. The van der Waals surface area contributed by atoms with Crippen LogP contribution in [0.3, 0.4) is 0 Å². The molecule has 1 aromatic heterocycles. The van der Waals surface area contributed by atoms with Gasteiger partial charge in [0.25, 0.3) is 11.1 Å². The third-order valence-electron chi connectivity index (χ3n) is 5.30. The lowest BCUT2D eigenvalue weighted by atomic mass is 10.1. The van der Waals surface area contributed by atoms with Gasteiger partial charge in [-0.2, -0.15) is 0 Å². The lowest BCUT2D eigenvalue weighted by Crippen LogP contribution is -2.36. The summed E-state index contributed by atoms with van der Waals surface area (Å²) in [5, 5.41) is 2.24. The van der Waals surface area contributed by atoms with Gasteiger partial charge in [-0.1, -0.05) is 17.7 Å². The number of hydrogen-bond donors (Lipinski definition) is 1. The normalized spacial score (nSPS) is 14.7. The van der Waals surface area contributed by atoms with Crippen molar-refractivity contribution in [2.75, 3.05) is 18.5 Å². The van der Waals surface area contributed by atoms with Gasteiger partial charge in [0.2, 0.25) is 5.91 Å². The second-order valence-electron chi connectivity index (χ2n) is 7.87. The molecule has 1 aliphatic rings. The zero-order valence-electron chi connectivity index (χ0n) is 19.2. The van der Waals surface area contributed by atoms with Gasteiger partial charge in [-0.15, -0.1) is 0 Å². The zero-order chi connectivity index (χ0) is 24.2. The lowest BCUT2D eigenvalue weighted by Gasteiger charge is -2.13. The van der Waals surface area contributed by atoms with Gasteiger partial charge in [0, 0.05) is 23.3 Å². The fraction of sp³-hybridized carbons (Fsp3) is 0.192. The van der Waals surface area contributed by atoms with E-state index in [9.17, 15) is 14.4 Å². The molecule has 0 unspecified atom stereocenters. The Balaban J connectivity index is 1.47. The van der Waals surface area contributed by atoms with Gasteiger partial charge < -0.3 is 14.6 Å². The number of ether oxygens (including phenoxy) is 1. The lowest BCUT2D eigenvalue weighted by molar-refractivity contribution is -0.127. The number of carbonyl (C=O) groups excluding carboxylic acids is 3. The van der Waals surface area contributed by atoms with Gasteiger partial charge in [-0.25, -0.2) is 0 Å². The minimum atomic E-state index is -0.481. The third-order valence-corrected chi connectivity index (χ3v) is 6.20. The molecule has 1 saturated heterocycles. The van der Waals surface area contributed by atoms with E-state index in [1.54, 1.807) is 30.3 Å². The second-order valence-corrected chi connectivity index (χ2v) is 8.86. The Labute approximate surface area is 202 Å². The van der Waals surface area contributed by atoms with Crippen LogP contribution in [-0.4, -0.2) is 39.7 Å². The van der Waals surface area contributed by atoms with Gasteiger partial charge in [0.1, 0.15) is 12.3 Å². The van der Waals surface area contributed by atoms with E-state index in [2.05, 4.69) is 11.4 Å². The first kappa shape index (κ1) is 23.4. The summed E-state index contributed by atoms with van der Waals surface area (Å²) >= 11 is 0.835. The molecule has 0 bridgehead atoms. The molecule has 4 rings (SSSR count). The predicted octanol–water partition coefficient (Wildman–Crippen LogP) is 5.17. The van der Waals surface area contributed by atoms with Crippen LogP contribution in [0.2, 0.25) is 0 Å². The first-order valence-corrected chi connectivity index (χ1v) is 11.7. The first-order chi connectivity index (χ1) is 16.4. The molecule has 7 nitrogen and oxygen atoms in total. The highest BCUT2D eigenvalue weighted by atomic mass is 32.2. The summed E-state index contributed by atoms with van der Waals surface area (Å²) < 4.78 is 7.36. The van der Waals surface area contributed by atoms with Crippen LogP contribution < -0.4 is 10.1 Å². The Bertz CT molecular complexity index is 1280. The van der Waals surface area contributed by atoms with E-state index in [1.807, 2.05) is 55.8 Å². The molecule has 3 aromatic rings. The molecule has 34 heavy (non-hydrogen) atoms. The van der Waals surface area contributed by atoms with Gasteiger partial charge in [-0.05, 0) is 86.6 Å². The van der Waals surface area contributed by atoms with Crippen molar-refractivity contribution in [3.8, 4) is 11.4 Å². The number of benzene rings is 2. The van der Waals surface area contributed by atoms with Crippen molar-refractivity contribution in [3.63, 3.8) is 0 Å². The molecule has 2 heterocycles. The van der Waals surface area contributed by atoms with Crippen molar-refractivity contribution in [2.24, 2.45) is 0 Å². The average molecular weight is 476 g/mol. The molecule has 0 aliphatic carbocycles. The highest BCUT2D eigenvalue weighted by molar-refractivity contribution is 8.18. The molecule has 1 fully saturated rings. The van der Waals surface area contributed by atoms with Gasteiger partial charge in [0.15, 0.2) is 0 Å². The van der Waals surface area contributed by atoms with Crippen LogP contribution in [0.15, 0.2) is 65.7 Å². The van der Waals surface area contributed by atoms with Crippen LogP contribution in [0.5, 0.6) is 5.75 Å². The number of amides is 3. The molecule has 0 radical (unpaired) electrons. The maximum atomic E-state index is 12.9. The quantitative estimate of drug-likeness (QED) is 0.477. The van der Waals surface area contributed by atoms with E-state index in [0.29, 0.717) is 18.0 Å². The monoisotopic (exact) mass is 475 g/mol. The average Bonchev–Trinajstić information content (AvgIpc) is 3.35. The number of imide groups is 1. The van der Waals surface area contributed by atoms with Crippen molar-refractivity contribution in [1.29, 1.82) is 0 Å². The summed E-state index contributed by atoms with van der Waals surface area (Å²) in [5.74, 6) is -0.237. The summed E-state index contributed by atoms with van der Waals surface area (Å²) in [6.45, 7) is 6.15. The minimum Gasteiger partial charge on any atom is -0.494 e. The minimum absolute atomic E-state index is 0.281. The third kappa shape index (κ3) is 5.07. The topological polar surface area (TPSA) is 80.6 Å². The molecular weight excluding hydrogens is 450 g/mol. The van der Waals surface area contributed by atoms with Crippen LogP contribution >= 0.6 is 11.8 Å². The smallest absolute Gasteiger partial charge is 0.294 e. The summed E-state index contributed by atoms with van der Waals surface area (Å²) in [6, 6.07) is 16.8. The molecule has 3 amide bonds. The molecule has 1 N–H and O–H groups in total. The molecule has 1 aliphatic heterocycles. The standard InChI is InChI=1S/C26H25N3O4S/c1-4-33-21-10-8-19(9-11-21)27-24(30)16-29-25(31)23(34-26(29)32)15-20-6-5-13-28(20)22-12-7-17(2)14-18(22)3/h5-15H,4,16H2,1-3H3,(H,27,30). The van der Waals surface area contributed by atoms with Crippen molar-refractivity contribution >= 4 is 40.6 Å². The number of rotatable bonds is 7. The Morgan fingerprint density at radius 1 is 1.09 bits per heavy atom. The fourth-order valence-electron chi connectivity index (χ4n) is 3.72. The zero-order valence-corrected chi connectivity index (χ0v) is 20.0. The van der Waals surface area contributed by atoms with Crippen LogP contribution in [0.25, 0.3) is 11.8 Å². The van der Waals surface area contributed by atoms with Gasteiger partial charge in [-0.3, -0.25) is 19.3 Å². The molecule has 0 saturated carbocycles. The molecule has 174 valence electrons. The van der Waals surface area contributed by atoms with Crippen molar-refractivity contribution in [3.05, 3.63) is 82.5 Å². The highest BCUT2D eigenvalue weighted by Crippen LogP contribution is 2.33. The summed E-state index contributed by atoms with van der Waals surface area (Å²) in [7, 11) is 0. The van der Waals surface area contributed by atoms with E-state index in [4.69, 9.17) is 4.74 Å². The van der Waals surface area contributed by atoms with Crippen LogP contribution in [0.1, 0.15) is 23.7 Å². The van der Waals surface area contributed by atoms with Crippen LogP contribution in [0.4, 0.5) is 10.5 Å². The maximum Gasteiger partial charge on any atom is 0.294 e. The number of carbonyl (C=O) groups is 3. The molecule has 2 aromatic carbocycles. The Morgan fingerprint density at radius 3 is 2.56 bits per heavy atom. The number of aryl methyl sites for hydroxylation is 2. The molecule has 0 spiro atoms. The van der Waals surface area contributed by atoms with E-state index in [0.717, 1.165) is 33.6 Å². The molecule has 8 heteroatoms. The number of thioether (sulfide) groups is 1. The van der Waals surface area contributed by atoms with Gasteiger partial charge in [0.05, 0.1) is 11.5 Å². The maximum absolute atomic E-state index is 12.9. The van der Waals surface area contributed by atoms with Crippen molar-refractivity contribution in [1.82, 2.24) is 9.47 Å². The van der Waals surface area contributed by atoms with Crippen LogP contribution in [0, 0.1) is 13.8 Å². The van der Waals surface area contributed by atoms with E-state index >= 15 is 0 Å². The van der Waals surface area contributed by atoms with Crippen molar-refractivity contribution < 1.29 is 19.1 Å². The largest absolute Gasteiger partial charge is 0.494 e. The highest BCUT2D eigenvalue weighted by Gasteiger charge is 2.36. The summed E-state index contributed by atoms with van der Waals surface area (Å²) in [5.41, 5.74) is 4.60. The number of nitrogens with zero attached hydrogens (tertiary/aromatic N) is 2. The SMILES string of the molecule is CCOc1ccc(NC(=O)CN2C(=O)SC(=Cc3cccn3-c3ccc(C)cc3C)C2=O)cc1. The summed E-state index contributed by atoms with van der Waals surface area (Å²) in [4.78, 5) is 39.1. The fourth-order valence-corrected chi connectivity index (χ4v) is 4.55. The Morgan fingerprint density at radius 2 is 1.85 bits per heavy atom. The first-order valence-electron chi connectivity index (χ1n) is 10.9. The van der Waals surface area contributed by atoms with Gasteiger partial charge >= 0.3 is 0 Å². The van der Waals surface area contributed by atoms with E-state index in [-0.39, 0.29) is 11.4 Å². The summed E-state index contributed by atoms with van der Waals surface area (Å²) in [6.07, 6.45) is 3.60. The van der Waals surface area contributed by atoms with E-state index < -0.39 is 17.1 Å².